The summed E-state index contributed by atoms with van der Waals surface area (Å²) in [5, 5.41) is 13.0. The molecule has 2 aromatic carbocycles. The number of halogens is 4. The lowest BCUT2D eigenvalue weighted by Crippen LogP contribution is -2.36. The van der Waals surface area contributed by atoms with Gasteiger partial charge < -0.3 is 20.1 Å². The van der Waals surface area contributed by atoms with Gasteiger partial charge in [-0.25, -0.2) is 4.98 Å². The van der Waals surface area contributed by atoms with Crippen molar-refractivity contribution >= 4 is 29.9 Å². The van der Waals surface area contributed by atoms with Crippen LogP contribution in [0.2, 0.25) is 0 Å². The molecule has 12 heteroatoms. The minimum absolute atomic E-state index is 0. The molecule has 0 aliphatic heterocycles. The highest BCUT2D eigenvalue weighted by molar-refractivity contribution is 14.0. The first-order valence-electron chi connectivity index (χ1n) is 9.22. The SMILES string of the molecule is CN=C(NCc1nc(-c2ccc(OC)cc2)n[nH]1)NCc1ccccc1OC(F)(F)F.I. The molecular formula is C20H22F3IN6O2. The average molecular weight is 562 g/mol. The van der Waals surface area contributed by atoms with Crippen LogP contribution in [0, 0.1) is 0 Å². The zero-order chi connectivity index (χ0) is 22.3. The molecule has 0 atom stereocenters. The molecule has 0 spiro atoms. The van der Waals surface area contributed by atoms with E-state index in [9.17, 15) is 13.2 Å². The number of aromatic nitrogens is 3. The lowest BCUT2D eigenvalue weighted by molar-refractivity contribution is -0.274. The van der Waals surface area contributed by atoms with E-state index in [1.165, 1.54) is 12.1 Å². The third-order valence-electron chi connectivity index (χ3n) is 4.17. The molecule has 0 radical (unpaired) electrons. The third-order valence-corrected chi connectivity index (χ3v) is 4.17. The highest BCUT2D eigenvalue weighted by atomic mass is 127. The molecule has 0 aliphatic carbocycles. The number of H-pyrrole nitrogens is 1. The minimum atomic E-state index is -4.76. The number of hydrogen-bond donors (Lipinski definition) is 3. The van der Waals surface area contributed by atoms with Crippen LogP contribution in [0.3, 0.4) is 0 Å². The number of nitrogens with zero attached hydrogens (tertiary/aromatic N) is 3. The monoisotopic (exact) mass is 562 g/mol. The van der Waals surface area contributed by atoms with Crippen LogP contribution in [-0.4, -0.2) is 41.7 Å². The second kappa shape index (κ2) is 11.5. The van der Waals surface area contributed by atoms with E-state index in [0.717, 1.165) is 11.3 Å². The fourth-order valence-corrected chi connectivity index (χ4v) is 2.68. The molecule has 172 valence electrons. The standard InChI is InChI=1S/C20H21F3N6O2.HI/c1-24-19(25-11-14-5-3-4-6-16(14)31-20(21,22)23)26-12-17-27-18(29-28-17)13-7-9-15(30-2)10-8-13;/h3-10H,11-12H2,1-2H3,(H2,24,25,26)(H,27,28,29);1H. The summed E-state index contributed by atoms with van der Waals surface area (Å²) >= 11 is 0. The molecule has 0 saturated heterocycles. The Bertz CT molecular complexity index is 1020. The highest BCUT2D eigenvalue weighted by Crippen LogP contribution is 2.26. The van der Waals surface area contributed by atoms with E-state index in [1.807, 2.05) is 24.3 Å². The second-order valence-electron chi connectivity index (χ2n) is 6.27. The maximum Gasteiger partial charge on any atom is 0.573 e. The number of para-hydroxylation sites is 1. The van der Waals surface area contributed by atoms with E-state index in [1.54, 1.807) is 26.3 Å². The van der Waals surface area contributed by atoms with Gasteiger partial charge in [0.15, 0.2) is 11.8 Å². The van der Waals surface area contributed by atoms with Crippen LogP contribution in [-0.2, 0) is 13.1 Å². The lowest BCUT2D eigenvalue weighted by Gasteiger charge is -2.15. The molecule has 1 aromatic heterocycles. The van der Waals surface area contributed by atoms with Crippen molar-refractivity contribution in [1.29, 1.82) is 0 Å². The number of ether oxygens (including phenoxy) is 2. The van der Waals surface area contributed by atoms with Crippen molar-refractivity contribution in [2.24, 2.45) is 4.99 Å². The van der Waals surface area contributed by atoms with Crippen molar-refractivity contribution in [2.45, 2.75) is 19.5 Å². The van der Waals surface area contributed by atoms with Gasteiger partial charge in [-0.05, 0) is 30.3 Å². The zero-order valence-corrected chi connectivity index (χ0v) is 19.6. The molecule has 3 rings (SSSR count). The number of aromatic amines is 1. The van der Waals surface area contributed by atoms with Crippen molar-refractivity contribution in [1.82, 2.24) is 25.8 Å². The normalized spacial score (nSPS) is 11.5. The number of aliphatic imine (C=N–C) groups is 1. The Hall–Kier alpha value is -3.03. The Kier molecular flexibility index (Phi) is 9.11. The Morgan fingerprint density at radius 1 is 1.06 bits per heavy atom. The summed E-state index contributed by atoms with van der Waals surface area (Å²) in [7, 11) is 3.14. The number of hydrogen-bond acceptors (Lipinski definition) is 5. The smallest absolute Gasteiger partial charge is 0.497 e. The average Bonchev–Trinajstić information content (AvgIpc) is 3.23. The summed E-state index contributed by atoms with van der Waals surface area (Å²) < 4.78 is 46.9. The van der Waals surface area contributed by atoms with Gasteiger partial charge in [-0.3, -0.25) is 10.1 Å². The summed E-state index contributed by atoms with van der Waals surface area (Å²) in [6.45, 7) is 0.364. The van der Waals surface area contributed by atoms with Gasteiger partial charge in [-0.15, -0.1) is 37.1 Å². The molecule has 3 N–H and O–H groups in total. The van der Waals surface area contributed by atoms with Crippen LogP contribution >= 0.6 is 24.0 Å². The molecule has 8 nitrogen and oxygen atoms in total. The number of alkyl halides is 3. The van der Waals surface area contributed by atoms with Crippen LogP contribution in [0.4, 0.5) is 13.2 Å². The fourth-order valence-electron chi connectivity index (χ4n) is 2.68. The molecule has 0 unspecified atom stereocenters. The summed E-state index contributed by atoms with van der Waals surface area (Å²) in [6.07, 6.45) is -4.76. The first-order valence-corrected chi connectivity index (χ1v) is 9.22. The largest absolute Gasteiger partial charge is 0.573 e. The predicted molar refractivity (Wildman–Crippen MR) is 124 cm³/mol. The maximum atomic E-state index is 12.6. The molecule has 0 amide bonds. The summed E-state index contributed by atoms with van der Waals surface area (Å²) in [6, 6.07) is 13.2. The Morgan fingerprint density at radius 2 is 1.75 bits per heavy atom. The quantitative estimate of drug-likeness (QED) is 0.230. The third kappa shape index (κ3) is 7.28. The summed E-state index contributed by atoms with van der Waals surface area (Å²) in [4.78, 5) is 8.48. The predicted octanol–water partition coefficient (Wildman–Crippen LogP) is 3.86. The highest BCUT2D eigenvalue weighted by Gasteiger charge is 2.31. The number of nitrogens with one attached hydrogen (secondary N) is 3. The number of guanidine groups is 1. The van der Waals surface area contributed by atoms with Crippen molar-refractivity contribution < 1.29 is 22.6 Å². The van der Waals surface area contributed by atoms with Crippen LogP contribution in [0.25, 0.3) is 11.4 Å². The Balaban J connectivity index is 0.00000363. The molecule has 1 heterocycles. The van der Waals surface area contributed by atoms with Gasteiger partial charge in [0.1, 0.15) is 17.3 Å². The van der Waals surface area contributed by atoms with Crippen molar-refractivity contribution in [2.75, 3.05) is 14.2 Å². The van der Waals surface area contributed by atoms with Gasteiger partial charge in [-0.1, -0.05) is 18.2 Å². The van der Waals surface area contributed by atoms with Crippen LogP contribution in [0.1, 0.15) is 11.4 Å². The fraction of sp³-hybridized carbons (Fsp3) is 0.250. The van der Waals surface area contributed by atoms with Gasteiger partial charge in [0.25, 0.3) is 0 Å². The van der Waals surface area contributed by atoms with E-state index < -0.39 is 6.36 Å². The first kappa shape index (κ1) is 25.2. The van der Waals surface area contributed by atoms with E-state index in [-0.39, 0.29) is 42.8 Å². The molecule has 3 aromatic rings. The molecule has 0 saturated carbocycles. The van der Waals surface area contributed by atoms with Gasteiger partial charge in [0.2, 0.25) is 0 Å². The van der Waals surface area contributed by atoms with E-state index >= 15 is 0 Å². The van der Waals surface area contributed by atoms with Gasteiger partial charge >= 0.3 is 6.36 Å². The van der Waals surface area contributed by atoms with Crippen molar-refractivity contribution in [3.63, 3.8) is 0 Å². The topological polar surface area (TPSA) is 96.5 Å². The first-order chi connectivity index (χ1) is 14.9. The molecule has 0 aliphatic rings. The van der Waals surface area contributed by atoms with Crippen molar-refractivity contribution in [3.8, 4) is 22.9 Å². The molecule has 0 fully saturated rings. The maximum absolute atomic E-state index is 12.6. The summed E-state index contributed by atoms with van der Waals surface area (Å²) in [5.41, 5.74) is 1.16. The van der Waals surface area contributed by atoms with Crippen molar-refractivity contribution in [3.05, 3.63) is 59.9 Å². The van der Waals surface area contributed by atoms with Gasteiger partial charge in [-0.2, -0.15) is 5.10 Å². The van der Waals surface area contributed by atoms with E-state index in [2.05, 4.69) is 35.5 Å². The van der Waals surface area contributed by atoms with Crippen LogP contribution in [0.5, 0.6) is 11.5 Å². The number of benzene rings is 2. The minimum Gasteiger partial charge on any atom is -0.497 e. The van der Waals surface area contributed by atoms with E-state index in [0.29, 0.717) is 23.2 Å². The summed E-state index contributed by atoms with van der Waals surface area (Å²) in [5.74, 6) is 1.94. The second-order valence-corrected chi connectivity index (χ2v) is 6.27. The lowest BCUT2D eigenvalue weighted by atomic mass is 10.2. The number of rotatable bonds is 7. The Labute approximate surface area is 199 Å². The molecular weight excluding hydrogens is 540 g/mol. The molecule has 0 bridgehead atoms. The van der Waals surface area contributed by atoms with Gasteiger partial charge in [0.05, 0.1) is 13.7 Å². The molecule has 32 heavy (non-hydrogen) atoms. The van der Waals surface area contributed by atoms with E-state index in [4.69, 9.17) is 4.74 Å². The number of methoxy groups -OCH3 is 1. The van der Waals surface area contributed by atoms with Gasteiger partial charge in [0, 0.05) is 24.7 Å². The van der Waals surface area contributed by atoms with Crippen LogP contribution < -0.4 is 20.1 Å². The van der Waals surface area contributed by atoms with Crippen LogP contribution in [0.15, 0.2) is 53.5 Å². The Morgan fingerprint density at radius 3 is 2.41 bits per heavy atom. The zero-order valence-electron chi connectivity index (χ0n) is 17.2.